The summed E-state index contributed by atoms with van der Waals surface area (Å²) in [5.41, 5.74) is 2.43. The molecule has 3 nitrogen and oxygen atoms in total. The number of nitrogens with zero attached hydrogens (tertiary/aromatic N) is 1. The smallest absolute Gasteiger partial charge is 0.223 e. The van der Waals surface area contributed by atoms with E-state index in [9.17, 15) is 4.79 Å². The van der Waals surface area contributed by atoms with Gasteiger partial charge >= 0.3 is 0 Å². The first-order valence-corrected chi connectivity index (χ1v) is 8.12. The number of hydrogen-bond acceptors (Lipinski definition) is 3. The highest BCUT2D eigenvalue weighted by molar-refractivity contribution is 7.10. The molecule has 0 saturated carbocycles. The van der Waals surface area contributed by atoms with Gasteiger partial charge in [0, 0.05) is 17.8 Å². The molecular weight excluding hydrogens is 282 g/mol. The van der Waals surface area contributed by atoms with Crippen LogP contribution >= 0.6 is 11.3 Å². The van der Waals surface area contributed by atoms with Gasteiger partial charge in [-0.05, 0) is 41.1 Å². The van der Waals surface area contributed by atoms with Crippen molar-refractivity contribution >= 4 is 17.2 Å². The average molecular weight is 301 g/mol. The van der Waals surface area contributed by atoms with Gasteiger partial charge in [-0.3, -0.25) is 4.79 Å². The van der Waals surface area contributed by atoms with Crippen LogP contribution in [-0.2, 0) is 11.2 Å². The molecule has 2 aromatic rings. The normalized spacial score (nSPS) is 17.4. The largest absolute Gasteiger partial charge is 0.497 e. The van der Waals surface area contributed by atoms with Gasteiger partial charge in [0.05, 0.1) is 13.2 Å². The van der Waals surface area contributed by atoms with Gasteiger partial charge in [0.15, 0.2) is 0 Å². The lowest BCUT2D eigenvalue weighted by atomic mass is 9.93. The lowest BCUT2D eigenvalue weighted by Crippen LogP contribution is -2.39. The van der Waals surface area contributed by atoms with E-state index in [2.05, 4.69) is 23.6 Å². The first-order valence-electron chi connectivity index (χ1n) is 7.24. The topological polar surface area (TPSA) is 29.5 Å². The maximum atomic E-state index is 12.3. The van der Waals surface area contributed by atoms with Crippen LogP contribution in [0.25, 0.3) is 0 Å². The number of hydrogen-bond donors (Lipinski definition) is 0. The fourth-order valence-corrected chi connectivity index (χ4v) is 3.84. The fourth-order valence-electron chi connectivity index (χ4n) is 2.93. The van der Waals surface area contributed by atoms with E-state index in [0.29, 0.717) is 6.42 Å². The Kier molecular flexibility index (Phi) is 3.97. The molecular formula is C17H19NO2S. The molecule has 0 radical (unpaired) electrons. The maximum Gasteiger partial charge on any atom is 0.223 e. The molecule has 21 heavy (non-hydrogen) atoms. The summed E-state index contributed by atoms with van der Waals surface area (Å²) in [6.45, 7) is 2.73. The average Bonchev–Trinajstić information content (AvgIpc) is 3.02. The van der Waals surface area contributed by atoms with Gasteiger partial charge in [-0.15, -0.1) is 11.3 Å². The summed E-state index contributed by atoms with van der Waals surface area (Å²) in [6, 6.07) is 10.2. The van der Waals surface area contributed by atoms with Crippen LogP contribution < -0.4 is 4.74 Å². The Morgan fingerprint density at radius 2 is 2.10 bits per heavy atom. The van der Waals surface area contributed by atoms with Crippen LogP contribution in [0.15, 0.2) is 35.7 Å². The van der Waals surface area contributed by atoms with Crippen LogP contribution in [0.5, 0.6) is 5.75 Å². The first-order chi connectivity index (χ1) is 10.2. The van der Waals surface area contributed by atoms with E-state index >= 15 is 0 Å². The zero-order valence-electron chi connectivity index (χ0n) is 12.3. The second kappa shape index (κ2) is 5.90. The van der Waals surface area contributed by atoms with Crippen molar-refractivity contribution in [3.05, 3.63) is 51.7 Å². The number of ether oxygens (including phenoxy) is 1. The second-order valence-electron chi connectivity index (χ2n) is 5.17. The molecule has 0 saturated heterocycles. The van der Waals surface area contributed by atoms with Crippen molar-refractivity contribution in [3.63, 3.8) is 0 Å². The van der Waals surface area contributed by atoms with Crippen molar-refractivity contribution in [3.8, 4) is 5.75 Å². The molecule has 1 aromatic carbocycles. The number of fused-ring (bicyclic) bond motifs is 1. The first kappa shape index (κ1) is 14.1. The third kappa shape index (κ3) is 2.56. The summed E-state index contributed by atoms with van der Waals surface area (Å²) in [5, 5.41) is 2.13. The molecule has 0 bridgehead atoms. The van der Waals surface area contributed by atoms with Crippen molar-refractivity contribution in [2.24, 2.45) is 0 Å². The van der Waals surface area contributed by atoms with Gasteiger partial charge in [0.25, 0.3) is 0 Å². The van der Waals surface area contributed by atoms with E-state index < -0.39 is 0 Å². The number of amides is 1. The zero-order chi connectivity index (χ0) is 14.8. The Hall–Kier alpha value is -1.81. The molecule has 0 N–H and O–H groups in total. The molecule has 3 rings (SSSR count). The van der Waals surface area contributed by atoms with Gasteiger partial charge in [-0.1, -0.05) is 19.1 Å². The van der Waals surface area contributed by atoms with Crippen LogP contribution in [0.4, 0.5) is 0 Å². The van der Waals surface area contributed by atoms with Crippen LogP contribution in [-0.4, -0.2) is 24.5 Å². The van der Waals surface area contributed by atoms with Crippen LogP contribution in [0.3, 0.4) is 0 Å². The molecule has 1 aromatic heterocycles. The Labute approximate surface area is 129 Å². The lowest BCUT2D eigenvalue weighted by molar-refractivity contribution is -0.132. The monoisotopic (exact) mass is 301 g/mol. The molecule has 0 fully saturated rings. The lowest BCUT2D eigenvalue weighted by Gasteiger charge is -2.36. The van der Waals surface area contributed by atoms with E-state index in [4.69, 9.17) is 4.74 Å². The summed E-state index contributed by atoms with van der Waals surface area (Å²) < 4.78 is 5.23. The zero-order valence-corrected chi connectivity index (χ0v) is 13.2. The number of thiophene rings is 1. The Morgan fingerprint density at radius 3 is 2.76 bits per heavy atom. The van der Waals surface area contributed by atoms with Gasteiger partial charge < -0.3 is 9.64 Å². The van der Waals surface area contributed by atoms with Gasteiger partial charge in [0.2, 0.25) is 5.91 Å². The molecule has 110 valence electrons. The van der Waals surface area contributed by atoms with Crippen molar-refractivity contribution in [1.82, 2.24) is 4.90 Å². The van der Waals surface area contributed by atoms with E-state index in [0.717, 1.165) is 24.3 Å². The SMILES string of the molecule is CCC(=O)N1CCc2sccc2[C@@H]1c1ccc(OC)cc1. The van der Waals surface area contributed by atoms with E-state index in [1.54, 1.807) is 18.4 Å². The highest BCUT2D eigenvalue weighted by atomic mass is 32.1. The van der Waals surface area contributed by atoms with Crippen LogP contribution in [0.1, 0.15) is 35.4 Å². The standard InChI is InChI=1S/C17H19NO2S/c1-3-16(19)18-10-8-15-14(9-11-21-15)17(18)12-4-6-13(20-2)7-5-12/h4-7,9,11,17H,3,8,10H2,1-2H3/t17-/m0/s1. The molecule has 4 heteroatoms. The van der Waals surface area contributed by atoms with Crippen molar-refractivity contribution < 1.29 is 9.53 Å². The predicted molar refractivity (Wildman–Crippen MR) is 84.9 cm³/mol. The number of rotatable bonds is 3. The van der Waals surface area contributed by atoms with Gasteiger partial charge in [-0.2, -0.15) is 0 Å². The summed E-state index contributed by atoms with van der Waals surface area (Å²) in [6.07, 6.45) is 1.51. The third-order valence-corrected chi connectivity index (χ3v) is 5.02. The minimum atomic E-state index is 0.0401. The van der Waals surface area contributed by atoms with Crippen LogP contribution in [0, 0.1) is 0 Å². The quantitative estimate of drug-likeness (QED) is 0.866. The molecule has 2 heterocycles. The van der Waals surface area contributed by atoms with E-state index in [1.807, 2.05) is 24.0 Å². The number of methoxy groups -OCH3 is 1. The van der Waals surface area contributed by atoms with Crippen molar-refractivity contribution in [2.45, 2.75) is 25.8 Å². The predicted octanol–water partition coefficient (Wildman–Crippen LogP) is 3.64. The molecule has 0 spiro atoms. The maximum absolute atomic E-state index is 12.3. The van der Waals surface area contributed by atoms with Crippen molar-refractivity contribution in [2.75, 3.05) is 13.7 Å². The molecule has 1 amide bonds. The fraction of sp³-hybridized carbons (Fsp3) is 0.353. The van der Waals surface area contributed by atoms with Crippen molar-refractivity contribution in [1.29, 1.82) is 0 Å². The molecule has 0 aliphatic carbocycles. The highest BCUT2D eigenvalue weighted by Gasteiger charge is 2.31. The Morgan fingerprint density at radius 1 is 1.33 bits per heavy atom. The molecule has 0 unspecified atom stereocenters. The second-order valence-corrected chi connectivity index (χ2v) is 6.17. The summed E-state index contributed by atoms with van der Waals surface area (Å²) in [4.78, 5) is 15.7. The van der Waals surface area contributed by atoms with Crippen LogP contribution in [0.2, 0.25) is 0 Å². The van der Waals surface area contributed by atoms with Gasteiger partial charge in [-0.25, -0.2) is 0 Å². The highest BCUT2D eigenvalue weighted by Crippen LogP contribution is 2.38. The van der Waals surface area contributed by atoms with Gasteiger partial charge in [0.1, 0.15) is 5.75 Å². The molecule has 1 atom stereocenters. The number of carbonyl (C=O) groups is 1. The summed E-state index contributed by atoms with van der Waals surface area (Å²) in [7, 11) is 1.67. The minimum absolute atomic E-state index is 0.0401. The Balaban J connectivity index is 2.03. The number of carbonyl (C=O) groups excluding carboxylic acids is 1. The minimum Gasteiger partial charge on any atom is -0.497 e. The molecule has 1 aliphatic rings. The summed E-state index contributed by atoms with van der Waals surface area (Å²) >= 11 is 1.79. The summed E-state index contributed by atoms with van der Waals surface area (Å²) in [5.74, 6) is 1.06. The molecule has 1 aliphatic heterocycles. The van der Waals surface area contributed by atoms with E-state index in [1.165, 1.54) is 10.4 Å². The van der Waals surface area contributed by atoms with E-state index in [-0.39, 0.29) is 11.9 Å². The number of benzene rings is 1. The third-order valence-electron chi connectivity index (χ3n) is 4.02. The Bertz CT molecular complexity index is 632.